The van der Waals surface area contributed by atoms with Gasteiger partial charge in [-0.1, -0.05) is 17.7 Å². The predicted molar refractivity (Wildman–Crippen MR) is 121 cm³/mol. The number of para-hydroxylation sites is 1. The van der Waals surface area contributed by atoms with Crippen molar-refractivity contribution in [3.63, 3.8) is 0 Å². The molecule has 11 heteroatoms. The van der Waals surface area contributed by atoms with Crippen LogP contribution in [0.2, 0.25) is 5.02 Å². The number of sulfone groups is 1. The molecule has 1 atom stereocenters. The van der Waals surface area contributed by atoms with Crippen LogP contribution < -0.4 is 10.6 Å². The second-order valence-corrected chi connectivity index (χ2v) is 10.1. The molecule has 2 aromatic carbocycles. The number of carbonyl (C=O) groups is 1. The third-order valence-electron chi connectivity index (χ3n) is 4.84. The SMILES string of the molecule is O=C(O)c1cccc(Br)c1Nc1c(S(=O)(=O)C2CNCCO2)cnc2ccc(Cl)cc12. The van der Waals surface area contributed by atoms with Gasteiger partial charge in [0.2, 0.25) is 9.84 Å². The van der Waals surface area contributed by atoms with Crippen LogP contribution in [0, 0.1) is 0 Å². The third-order valence-corrected chi connectivity index (χ3v) is 7.65. The highest BCUT2D eigenvalue weighted by Gasteiger charge is 2.33. The first kappa shape index (κ1) is 22.0. The predicted octanol–water partition coefficient (Wildman–Crippen LogP) is 3.81. The van der Waals surface area contributed by atoms with Gasteiger partial charge in [-0.2, -0.15) is 0 Å². The minimum absolute atomic E-state index is 0.0275. The van der Waals surface area contributed by atoms with E-state index in [-0.39, 0.29) is 35.0 Å². The highest BCUT2D eigenvalue weighted by molar-refractivity contribution is 9.10. The van der Waals surface area contributed by atoms with Crippen molar-refractivity contribution < 1.29 is 23.1 Å². The molecular weight excluding hydrogens is 510 g/mol. The average Bonchev–Trinajstić information content (AvgIpc) is 2.75. The number of hydrogen-bond acceptors (Lipinski definition) is 7. The number of nitrogens with one attached hydrogen (secondary N) is 2. The van der Waals surface area contributed by atoms with E-state index in [4.69, 9.17) is 16.3 Å². The minimum atomic E-state index is -3.98. The van der Waals surface area contributed by atoms with Crippen molar-refractivity contribution in [2.45, 2.75) is 10.3 Å². The number of fused-ring (bicyclic) bond motifs is 1. The van der Waals surface area contributed by atoms with Crippen LogP contribution in [-0.2, 0) is 14.6 Å². The van der Waals surface area contributed by atoms with E-state index in [2.05, 4.69) is 31.5 Å². The number of halogens is 2. The molecule has 1 fully saturated rings. The summed E-state index contributed by atoms with van der Waals surface area (Å²) in [5.41, 5.74) is -0.242. The van der Waals surface area contributed by atoms with Crippen LogP contribution in [0.1, 0.15) is 10.4 Å². The quantitative estimate of drug-likeness (QED) is 0.459. The zero-order chi connectivity index (χ0) is 22.2. The van der Waals surface area contributed by atoms with Crippen LogP contribution in [0.4, 0.5) is 11.4 Å². The Balaban J connectivity index is 1.96. The van der Waals surface area contributed by atoms with Crippen molar-refractivity contribution in [1.29, 1.82) is 0 Å². The van der Waals surface area contributed by atoms with Crippen LogP contribution >= 0.6 is 27.5 Å². The molecule has 1 aliphatic rings. The maximum Gasteiger partial charge on any atom is 0.337 e. The molecule has 4 rings (SSSR count). The van der Waals surface area contributed by atoms with Crippen LogP contribution in [0.15, 0.2) is 52.0 Å². The van der Waals surface area contributed by atoms with Gasteiger partial charge in [-0.15, -0.1) is 0 Å². The lowest BCUT2D eigenvalue weighted by molar-refractivity contribution is 0.0698. The number of carboxylic acid groups (broad SMARTS) is 1. The summed E-state index contributed by atoms with van der Waals surface area (Å²) in [6.07, 6.45) is 1.25. The normalized spacial score (nSPS) is 16.9. The number of hydrogen-bond donors (Lipinski definition) is 3. The minimum Gasteiger partial charge on any atom is -0.478 e. The standard InChI is InChI=1S/C20H17BrClN3O5S/c21-14-3-1-2-12(20(26)27)18(14)25-19-13-8-11(22)4-5-15(13)24-9-16(19)31(28,29)17-10-23-6-7-30-17/h1-5,8-9,17,23H,6-7,10H2,(H,24,25)(H,26,27). The molecule has 0 radical (unpaired) electrons. The number of benzene rings is 2. The molecule has 1 aliphatic heterocycles. The summed E-state index contributed by atoms with van der Waals surface area (Å²) < 4.78 is 32.8. The molecule has 3 aromatic rings. The van der Waals surface area contributed by atoms with Crippen LogP contribution in [-0.4, -0.2) is 49.6 Å². The van der Waals surface area contributed by atoms with Crippen LogP contribution in [0.3, 0.4) is 0 Å². The Morgan fingerprint density at radius 3 is 2.81 bits per heavy atom. The lowest BCUT2D eigenvalue weighted by atomic mass is 10.1. The van der Waals surface area contributed by atoms with Crippen molar-refractivity contribution in [3.05, 3.63) is 57.7 Å². The molecule has 0 amide bonds. The van der Waals surface area contributed by atoms with E-state index < -0.39 is 21.2 Å². The van der Waals surface area contributed by atoms with Gasteiger partial charge in [0.05, 0.1) is 29.1 Å². The molecule has 162 valence electrons. The Morgan fingerprint density at radius 1 is 1.29 bits per heavy atom. The van der Waals surface area contributed by atoms with Crippen LogP contribution in [0.25, 0.3) is 10.9 Å². The van der Waals surface area contributed by atoms with E-state index in [1.54, 1.807) is 30.3 Å². The fourth-order valence-corrected chi connectivity index (χ4v) is 5.51. The van der Waals surface area contributed by atoms with E-state index in [1.165, 1.54) is 12.3 Å². The molecule has 1 unspecified atom stereocenters. The number of carboxylic acids is 1. The topological polar surface area (TPSA) is 118 Å². The number of morpholine rings is 1. The second kappa shape index (κ2) is 8.71. The highest BCUT2D eigenvalue weighted by Crippen LogP contribution is 2.38. The van der Waals surface area contributed by atoms with Gasteiger partial charge in [0.25, 0.3) is 0 Å². The van der Waals surface area contributed by atoms with E-state index in [0.29, 0.717) is 26.9 Å². The van der Waals surface area contributed by atoms with E-state index in [1.807, 2.05) is 0 Å². The number of ether oxygens (including phenoxy) is 1. The monoisotopic (exact) mass is 525 g/mol. The number of nitrogens with zero attached hydrogens (tertiary/aromatic N) is 1. The molecule has 31 heavy (non-hydrogen) atoms. The highest BCUT2D eigenvalue weighted by atomic mass is 79.9. The van der Waals surface area contributed by atoms with Gasteiger partial charge in [-0.25, -0.2) is 13.2 Å². The van der Waals surface area contributed by atoms with Crippen LogP contribution in [0.5, 0.6) is 0 Å². The van der Waals surface area contributed by atoms with E-state index in [9.17, 15) is 18.3 Å². The maximum atomic E-state index is 13.4. The zero-order valence-electron chi connectivity index (χ0n) is 15.9. The summed E-state index contributed by atoms with van der Waals surface area (Å²) in [5.74, 6) is -1.16. The summed E-state index contributed by atoms with van der Waals surface area (Å²) in [4.78, 5) is 15.9. The largest absolute Gasteiger partial charge is 0.478 e. The number of rotatable bonds is 5. The lowest BCUT2D eigenvalue weighted by Gasteiger charge is -2.25. The van der Waals surface area contributed by atoms with Crippen molar-refractivity contribution in [2.75, 3.05) is 25.0 Å². The first-order valence-electron chi connectivity index (χ1n) is 9.22. The summed E-state index contributed by atoms with van der Waals surface area (Å²) >= 11 is 9.53. The number of aromatic nitrogens is 1. The molecule has 2 heterocycles. The van der Waals surface area contributed by atoms with E-state index >= 15 is 0 Å². The Morgan fingerprint density at radius 2 is 2.10 bits per heavy atom. The Labute approximate surface area is 191 Å². The molecule has 0 aliphatic carbocycles. The lowest BCUT2D eigenvalue weighted by Crippen LogP contribution is -2.43. The fourth-order valence-electron chi connectivity index (χ4n) is 3.33. The zero-order valence-corrected chi connectivity index (χ0v) is 19.1. The summed E-state index contributed by atoms with van der Waals surface area (Å²) in [5, 5.41) is 16.5. The molecule has 8 nitrogen and oxygen atoms in total. The first-order chi connectivity index (χ1) is 14.8. The molecule has 0 spiro atoms. The fraction of sp³-hybridized carbons (Fsp3) is 0.200. The Bertz CT molecular complexity index is 1280. The molecule has 0 saturated carbocycles. The van der Waals surface area contributed by atoms with Gasteiger partial charge >= 0.3 is 5.97 Å². The molecule has 3 N–H and O–H groups in total. The van der Waals surface area contributed by atoms with Crippen molar-refractivity contribution in [3.8, 4) is 0 Å². The van der Waals surface area contributed by atoms with Crippen molar-refractivity contribution >= 4 is 65.6 Å². The third kappa shape index (κ3) is 4.26. The van der Waals surface area contributed by atoms with Gasteiger partial charge in [-0.05, 0) is 46.3 Å². The average molecular weight is 527 g/mol. The van der Waals surface area contributed by atoms with Gasteiger partial charge in [0, 0.05) is 34.2 Å². The molecular formula is C20H17BrClN3O5S. The second-order valence-electron chi connectivity index (χ2n) is 6.80. The smallest absolute Gasteiger partial charge is 0.337 e. The van der Waals surface area contributed by atoms with Gasteiger partial charge in [0.1, 0.15) is 4.90 Å². The number of pyridine rings is 1. The molecule has 1 saturated heterocycles. The van der Waals surface area contributed by atoms with E-state index in [0.717, 1.165) is 0 Å². The molecule has 1 aromatic heterocycles. The molecule has 0 bridgehead atoms. The van der Waals surface area contributed by atoms with Gasteiger partial charge in [-0.3, -0.25) is 4.98 Å². The Kier molecular flexibility index (Phi) is 6.18. The first-order valence-corrected chi connectivity index (χ1v) is 11.9. The Hall–Kier alpha value is -2.24. The summed E-state index contributed by atoms with van der Waals surface area (Å²) in [6.45, 7) is 0.944. The maximum absolute atomic E-state index is 13.4. The number of anilines is 2. The number of aromatic carboxylic acids is 1. The summed E-state index contributed by atoms with van der Waals surface area (Å²) in [7, 11) is -3.98. The van der Waals surface area contributed by atoms with Crippen molar-refractivity contribution in [1.82, 2.24) is 10.3 Å². The van der Waals surface area contributed by atoms with Gasteiger partial charge in [0.15, 0.2) is 5.44 Å². The van der Waals surface area contributed by atoms with Crippen molar-refractivity contribution in [2.24, 2.45) is 0 Å². The summed E-state index contributed by atoms with van der Waals surface area (Å²) in [6, 6.07) is 9.56. The van der Waals surface area contributed by atoms with Gasteiger partial charge < -0.3 is 20.5 Å².